The number of imide groups is 1. The van der Waals surface area contributed by atoms with Gasteiger partial charge < -0.3 is 14.9 Å². The van der Waals surface area contributed by atoms with E-state index in [1.54, 1.807) is 6.07 Å². The zero-order valence-corrected chi connectivity index (χ0v) is 23.6. The van der Waals surface area contributed by atoms with Crippen molar-refractivity contribution in [1.82, 2.24) is 5.06 Å². The maximum Gasteiger partial charge on any atom is 0.340 e. The number of aromatic nitrogens is 1. The Labute approximate surface area is 251 Å². The first kappa shape index (κ1) is 28.3. The van der Waals surface area contributed by atoms with Gasteiger partial charge in [-0.05, 0) is 36.8 Å². The number of anilines is 1. The second-order valence-corrected chi connectivity index (χ2v) is 10.4. The molecule has 3 aromatic carbocycles. The van der Waals surface area contributed by atoms with E-state index in [1.165, 1.54) is 19.1 Å². The molecule has 1 atom stereocenters. The number of pyridine rings is 1. The summed E-state index contributed by atoms with van der Waals surface area (Å²) in [5, 5.41) is 16.7. The molecule has 0 aliphatic carbocycles. The number of hydrogen-bond acceptors (Lipinski definition) is 8. The van der Waals surface area contributed by atoms with E-state index in [4.69, 9.17) is 9.57 Å². The number of nitrogens with zero attached hydrogens (tertiary/aromatic N) is 3. The van der Waals surface area contributed by atoms with Gasteiger partial charge in [-0.2, -0.15) is 4.57 Å². The first-order valence-corrected chi connectivity index (χ1v) is 14.0. The van der Waals surface area contributed by atoms with Crippen LogP contribution in [0, 0.1) is 10.1 Å². The Balaban J connectivity index is 1.22. The highest BCUT2D eigenvalue weighted by molar-refractivity contribution is 6.01. The minimum Gasteiger partial charge on any atom is -0.439 e. The molecule has 220 valence electrons. The zero-order valence-electron chi connectivity index (χ0n) is 23.6. The van der Waals surface area contributed by atoms with Crippen molar-refractivity contribution in [3.05, 3.63) is 124 Å². The molecule has 0 bridgehead atoms. The molecule has 1 fully saturated rings. The van der Waals surface area contributed by atoms with E-state index in [-0.39, 0.29) is 24.1 Å². The van der Waals surface area contributed by atoms with Gasteiger partial charge in [0, 0.05) is 42.2 Å². The molecule has 2 aliphatic rings. The van der Waals surface area contributed by atoms with Crippen LogP contribution in [0.25, 0.3) is 17.0 Å². The number of carbonyl (C=O) groups is 3. The number of para-hydroxylation sites is 3. The van der Waals surface area contributed by atoms with Crippen LogP contribution < -0.4 is 14.6 Å². The fourth-order valence-electron chi connectivity index (χ4n) is 5.20. The number of benzene rings is 3. The van der Waals surface area contributed by atoms with Gasteiger partial charge in [0.1, 0.15) is 0 Å². The van der Waals surface area contributed by atoms with E-state index in [1.807, 2.05) is 83.6 Å². The average Bonchev–Trinajstić information content (AvgIpc) is 3.59. The predicted molar refractivity (Wildman–Crippen MR) is 160 cm³/mol. The van der Waals surface area contributed by atoms with Crippen LogP contribution in [0.2, 0.25) is 0 Å². The Bertz CT molecular complexity index is 1860. The number of carbonyl (C=O) groups excluding carboxylic acids is 3. The van der Waals surface area contributed by atoms with Gasteiger partial charge in [-0.25, -0.2) is 4.79 Å². The van der Waals surface area contributed by atoms with Crippen LogP contribution in [0.15, 0.2) is 97.0 Å². The summed E-state index contributed by atoms with van der Waals surface area (Å²) in [4.78, 5) is 52.8. The van der Waals surface area contributed by atoms with Crippen LogP contribution in [0.3, 0.4) is 0 Å². The molecule has 2 aliphatic heterocycles. The maximum atomic E-state index is 12.7. The number of hydroxylamine groups is 2. The van der Waals surface area contributed by atoms with Gasteiger partial charge >= 0.3 is 5.97 Å². The summed E-state index contributed by atoms with van der Waals surface area (Å²) in [7, 11) is 0. The lowest BCUT2D eigenvalue weighted by Crippen LogP contribution is -2.35. The highest BCUT2D eigenvalue weighted by Gasteiger charge is 2.35. The van der Waals surface area contributed by atoms with E-state index in [9.17, 15) is 24.5 Å². The van der Waals surface area contributed by atoms with Crippen molar-refractivity contribution in [3.63, 3.8) is 0 Å². The third-order valence-corrected chi connectivity index (χ3v) is 7.50. The number of nitrogens with one attached hydrogen (secondary N) is 1. The molecule has 2 amide bonds. The third kappa shape index (κ3) is 5.62. The Morgan fingerprint density at radius 1 is 1.09 bits per heavy atom. The molecular weight excluding hydrogens is 564 g/mol. The standard InChI is InChI=1S/C33H26N4O7/c1-21(33(40)44-36-31(38)15-16-32(36)39)24-14-13-22(19-28(24)37(41)42)20-35-18-17-23(25-8-2-4-10-27(25)35)7-6-12-30-34-26-9-3-5-11-29(26)43-30/h2-14,17-19,21H,15-16,20H2,1H3/p+1. The number of nitro groups is 1. The van der Waals surface area contributed by atoms with Gasteiger partial charge in [0.25, 0.3) is 17.5 Å². The number of amides is 2. The lowest BCUT2D eigenvalue weighted by Gasteiger charge is -2.16. The summed E-state index contributed by atoms with van der Waals surface area (Å²) < 4.78 is 7.80. The highest BCUT2D eigenvalue weighted by Crippen LogP contribution is 2.33. The summed E-state index contributed by atoms with van der Waals surface area (Å²) in [5.74, 6) is -1.84. The Kier molecular flexibility index (Phi) is 7.59. The molecule has 11 nitrogen and oxygen atoms in total. The van der Waals surface area contributed by atoms with Crippen molar-refractivity contribution in [1.29, 1.82) is 0 Å². The normalized spacial score (nSPS) is 15.8. The monoisotopic (exact) mass is 591 g/mol. The largest absolute Gasteiger partial charge is 0.439 e. The molecule has 1 saturated heterocycles. The zero-order chi connectivity index (χ0) is 30.8. The molecule has 1 N–H and O–H groups in total. The Morgan fingerprint density at radius 3 is 2.61 bits per heavy atom. The van der Waals surface area contributed by atoms with Gasteiger partial charge in [0.15, 0.2) is 24.4 Å². The molecule has 3 heterocycles. The molecule has 4 aromatic rings. The maximum absolute atomic E-state index is 12.7. The van der Waals surface area contributed by atoms with E-state index >= 15 is 0 Å². The van der Waals surface area contributed by atoms with Crippen molar-refractivity contribution in [3.8, 4) is 5.75 Å². The topological polar surface area (TPSA) is 132 Å². The molecule has 0 spiro atoms. The number of fused-ring (bicyclic) bond motifs is 2. The quantitative estimate of drug-likeness (QED) is 0.129. The molecule has 44 heavy (non-hydrogen) atoms. The molecule has 1 aromatic heterocycles. The average molecular weight is 592 g/mol. The van der Waals surface area contributed by atoms with Crippen LogP contribution in [0.4, 0.5) is 11.4 Å². The van der Waals surface area contributed by atoms with E-state index in [2.05, 4.69) is 5.32 Å². The van der Waals surface area contributed by atoms with Crippen molar-refractivity contribution in [2.75, 3.05) is 5.32 Å². The summed E-state index contributed by atoms with van der Waals surface area (Å²) in [6, 6.07) is 22.2. The first-order valence-electron chi connectivity index (χ1n) is 14.0. The van der Waals surface area contributed by atoms with Crippen molar-refractivity contribution >= 4 is 46.1 Å². The summed E-state index contributed by atoms with van der Waals surface area (Å²) in [5.41, 5.74) is 3.33. The van der Waals surface area contributed by atoms with Crippen LogP contribution in [0.5, 0.6) is 5.75 Å². The molecular formula is C33H27N4O7+. The Hall–Kier alpha value is -5.84. The van der Waals surface area contributed by atoms with Gasteiger partial charge in [0.05, 0.1) is 21.9 Å². The van der Waals surface area contributed by atoms with Crippen LogP contribution >= 0.6 is 0 Å². The fraction of sp³-hybridized carbons (Fsp3) is 0.152. The van der Waals surface area contributed by atoms with Gasteiger partial charge in [-0.1, -0.05) is 48.6 Å². The molecule has 11 heteroatoms. The van der Waals surface area contributed by atoms with Gasteiger partial charge in [-0.15, -0.1) is 5.06 Å². The number of rotatable bonds is 8. The number of ether oxygens (including phenoxy) is 1. The first-order chi connectivity index (χ1) is 21.3. The van der Waals surface area contributed by atoms with Crippen molar-refractivity contribution in [2.24, 2.45) is 0 Å². The number of nitro benzene ring substituents is 1. The van der Waals surface area contributed by atoms with Gasteiger partial charge in [0.2, 0.25) is 5.52 Å². The van der Waals surface area contributed by atoms with E-state index in [0.29, 0.717) is 23.1 Å². The minimum absolute atomic E-state index is 0.0430. The molecule has 6 rings (SSSR count). The number of allylic oxidation sites excluding steroid dienone is 2. The molecule has 0 radical (unpaired) electrons. The second kappa shape index (κ2) is 11.8. The number of hydrogen-bond donors (Lipinski definition) is 1. The Morgan fingerprint density at radius 2 is 1.84 bits per heavy atom. The summed E-state index contributed by atoms with van der Waals surface area (Å²) >= 11 is 0. The lowest BCUT2D eigenvalue weighted by atomic mass is 9.97. The van der Waals surface area contributed by atoms with E-state index < -0.39 is 28.6 Å². The highest BCUT2D eigenvalue weighted by atomic mass is 16.7. The van der Waals surface area contributed by atoms with Crippen LogP contribution in [-0.2, 0) is 25.8 Å². The van der Waals surface area contributed by atoms with Crippen LogP contribution in [-0.4, -0.2) is 27.8 Å². The van der Waals surface area contributed by atoms with Crippen molar-refractivity contribution < 1.29 is 33.4 Å². The van der Waals surface area contributed by atoms with E-state index in [0.717, 1.165) is 27.9 Å². The summed E-state index contributed by atoms with van der Waals surface area (Å²) in [6.45, 7) is 1.77. The molecule has 0 saturated carbocycles. The minimum atomic E-state index is -1.08. The van der Waals surface area contributed by atoms with Crippen molar-refractivity contribution in [2.45, 2.75) is 32.2 Å². The smallest absolute Gasteiger partial charge is 0.340 e. The van der Waals surface area contributed by atoms with Crippen LogP contribution in [0.1, 0.15) is 42.4 Å². The van der Waals surface area contributed by atoms with Gasteiger partial charge in [-0.3, -0.25) is 19.7 Å². The summed E-state index contributed by atoms with van der Waals surface area (Å²) in [6.07, 6.45) is 7.58. The second-order valence-electron chi connectivity index (χ2n) is 10.4. The fourth-order valence-corrected chi connectivity index (χ4v) is 5.20. The predicted octanol–water partition coefficient (Wildman–Crippen LogP) is 5.15. The third-order valence-electron chi connectivity index (χ3n) is 7.50. The lowest BCUT2D eigenvalue weighted by molar-refractivity contribution is -0.662. The molecule has 1 unspecified atom stereocenters. The SMILES string of the molecule is CC(C(=O)ON1C(=O)CCC1=O)c1ccc(C[n+]2ccc(C=CC=C3Nc4ccccc4O3)c3ccccc32)cc1[N+](=O)[O-].